The van der Waals surface area contributed by atoms with Gasteiger partial charge in [0, 0.05) is 23.2 Å². The first-order chi connectivity index (χ1) is 8.41. The molecule has 1 atom stereocenters. The molecule has 1 N–H and O–H groups in total. The molecule has 0 fully saturated rings. The van der Waals surface area contributed by atoms with E-state index in [1.54, 1.807) is 12.1 Å². The summed E-state index contributed by atoms with van der Waals surface area (Å²) in [7, 11) is 1.82. The maximum absolute atomic E-state index is 13.6. The van der Waals surface area contributed by atoms with Gasteiger partial charge >= 0.3 is 5.97 Å². The summed E-state index contributed by atoms with van der Waals surface area (Å²) in [4.78, 5) is 12.4. The van der Waals surface area contributed by atoms with Gasteiger partial charge in [0.1, 0.15) is 5.82 Å². The molecule has 0 bridgehead atoms. The van der Waals surface area contributed by atoms with Gasteiger partial charge < -0.3 is 10.0 Å². The summed E-state index contributed by atoms with van der Waals surface area (Å²) in [6, 6.07) is 4.63. The van der Waals surface area contributed by atoms with Crippen molar-refractivity contribution < 1.29 is 14.3 Å². The minimum atomic E-state index is -0.835. The molecule has 0 heterocycles. The molecule has 0 saturated heterocycles. The van der Waals surface area contributed by atoms with Gasteiger partial charge in [-0.25, -0.2) is 4.39 Å². The van der Waals surface area contributed by atoms with Crippen LogP contribution in [0.1, 0.15) is 18.9 Å². The number of hydrogen-bond acceptors (Lipinski definition) is 2. The monoisotopic (exact) mass is 273 g/mol. The third-order valence-corrected chi connectivity index (χ3v) is 3.35. The van der Waals surface area contributed by atoms with Crippen molar-refractivity contribution in [2.45, 2.75) is 25.8 Å². The molecule has 3 nitrogen and oxygen atoms in total. The fraction of sp³-hybridized carbons (Fsp3) is 0.462. The average molecular weight is 274 g/mol. The lowest BCUT2D eigenvalue weighted by molar-refractivity contribution is -0.137. The van der Waals surface area contributed by atoms with Crippen molar-refractivity contribution >= 4 is 17.6 Å². The molecule has 5 heteroatoms. The molecule has 1 unspecified atom stereocenters. The van der Waals surface area contributed by atoms with E-state index in [4.69, 9.17) is 16.7 Å². The number of rotatable bonds is 6. The van der Waals surface area contributed by atoms with E-state index in [1.165, 1.54) is 6.07 Å². The fourth-order valence-electron chi connectivity index (χ4n) is 1.67. The number of hydrogen-bond donors (Lipinski definition) is 1. The Balaban J connectivity index is 2.63. The second kappa shape index (κ2) is 6.71. The summed E-state index contributed by atoms with van der Waals surface area (Å²) in [5.41, 5.74) is 0.480. The smallest absolute Gasteiger partial charge is 0.304 e. The van der Waals surface area contributed by atoms with Crippen LogP contribution in [0.2, 0.25) is 5.02 Å². The van der Waals surface area contributed by atoms with Gasteiger partial charge in [0.05, 0.1) is 6.42 Å². The minimum Gasteiger partial charge on any atom is -0.481 e. The van der Waals surface area contributed by atoms with Crippen molar-refractivity contribution in [1.29, 1.82) is 0 Å². The van der Waals surface area contributed by atoms with Crippen LogP contribution in [-0.2, 0) is 11.2 Å². The Labute approximate surface area is 111 Å². The van der Waals surface area contributed by atoms with E-state index < -0.39 is 5.97 Å². The normalized spacial score (nSPS) is 12.7. The summed E-state index contributed by atoms with van der Waals surface area (Å²) in [6.07, 6.45) is 0.535. The molecular weight excluding hydrogens is 257 g/mol. The molecule has 1 rings (SSSR count). The highest BCUT2D eigenvalue weighted by atomic mass is 35.5. The Kier molecular flexibility index (Phi) is 5.56. The van der Waals surface area contributed by atoms with Crippen LogP contribution in [0, 0.1) is 5.82 Å². The van der Waals surface area contributed by atoms with Crippen LogP contribution in [0.3, 0.4) is 0 Å². The molecule has 0 aliphatic carbocycles. The van der Waals surface area contributed by atoms with Crippen molar-refractivity contribution in [1.82, 2.24) is 4.90 Å². The molecule has 1 aromatic rings. The van der Waals surface area contributed by atoms with Crippen LogP contribution in [0.15, 0.2) is 18.2 Å². The molecule has 0 amide bonds. The topological polar surface area (TPSA) is 40.5 Å². The van der Waals surface area contributed by atoms with E-state index in [1.807, 2.05) is 18.9 Å². The number of halogens is 2. The number of benzene rings is 1. The van der Waals surface area contributed by atoms with E-state index in [-0.39, 0.29) is 18.3 Å². The molecule has 1 aromatic carbocycles. The lowest BCUT2D eigenvalue weighted by Gasteiger charge is -2.24. The lowest BCUT2D eigenvalue weighted by atomic mass is 10.1. The summed E-state index contributed by atoms with van der Waals surface area (Å²) in [6.45, 7) is 2.35. The zero-order valence-corrected chi connectivity index (χ0v) is 11.2. The van der Waals surface area contributed by atoms with Crippen LogP contribution >= 0.6 is 11.6 Å². The second-order valence-electron chi connectivity index (χ2n) is 4.38. The standard InChI is InChI=1S/C13H17ClFNO2/c1-9(16(2)7-6-13(17)18)8-10-11(14)4-3-5-12(10)15/h3-5,9H,6-8H2,1-2H3,(H,17,18). The maximum atomic E-state index is 13.6. The first kappa shape index (κ1) is 14.9. The largest absolute Gasteiger partial charge is 0.481 e. The third-order valence-electron chi connectivity index (χ3n) is 2.99. The molecule has 0 aromatic heterocycles. The Morgan fingerprint density at radius 3 is 2.78 bits per heavy atom. The van der Waals surface area contributed by atoms with Gasteiger partial charge in [-0.05, 0) is 32.5 Å². The molecule has 0 aliphatic heterocycles. The van der Waals surface area contributed by atoms with Crippen LogP contribution in [-0.4, -0.2) is 35.6 Å². The van der Waals surface area contributed by atoms with Gasteiger partial charge in [0.25, 0.3) is 0 Å². The molecule has 0 aliphatic rings. The quantitative estimate of drug-likeness (QED) is 0.866. The fourth-order valence-corrected chi connectivity index (χ4v) is 1.91. The SMILES string of the molecule is CC(Cc1c(F)cccc1Cl)N(C)CCC(=O)O. The highest BCUT2D eigenvalue weighted by molar-refractivity contribution is 6.31. The molecular formula is C13H17ClFNO2. The van der Waals surface area contributed by atoms with Gasteiger partial charge in [0.15, 0.2) is 0 Å². The first-order valence-corrected chi connectivity index (χ1v) is 6.14. The van der Waals surface area contributed by atoms with E-state index in [2.05, 4.69) is 0 Å². The predicted molar refractivity (Wildman–Crippen MR) is 69.5 cm³/mol. The Hall–Kier alpha value is -1.13. The van der Waals surface area contributed by atoms with E-state index >= 15 is 0 Å². The zero-order chi connectivity index (χ0) is 13.7. The van der Waals surface area contributed by atoms with Gasteiger partial charge in [-0.1, -0.05) is 17.7 Å². The van der Waals surface area contributed by atoms with Gasteiger partial charge in [0.2, 0.25) is 0 Å². The molecule has 0 spiro atoms. The van der Waals surface area contributed by atoms with Crippen molar-refractivity contribution in [3.63, 3.8) is 0 Å². The van der Waals surface area contributed by atoms with Crippen LogP contribution in [0.25, 0.3) is 0 Å². The molecule has 100 valence electrons. The number of aliphatic carboxylic acids is 1. The number of nitrogens with zero attached hydrogens (tertiary/aromatic N) is 1. The zero-order valence-electron chi connectivity index (χ0n) is 10.5. The molecule has 0 radical (unpaired) electrons. The molecule has 18 heavy (non-hydrogen) atoms. The number of likely N-dealkylation sites (N-methyl/N-ethyl adjacent to an activating group) is 1. The summed E-state index contributed by atoms with van der Waals surface area (Å²) in [5.74, 6) is -1.15. The third kappa shape index (κ3) is 4.27. The second-order valence-corrected chi connectivity index (χ2v) is 4.78. The predicted octanol–water partition coefficient (Wildman–Crippen LogP) is 2.82. The highest BCUT2D eigenvalue weighted by Gasteiger charge is 2.15. The van der Waals surface area contributed by atoms with Crippen LogP contribution in [0.4, 0.5) is 4.39 Å². The minimum absolute atomic E-state index is 0.0266. The summed E-state index contributed by atoms with van der Waals surface area (Å²) < 4.78 is 13.6. The van der Waals surface area contributed by atoms with Crippen molar-refractivity contribution in [3.8, 4) is 0 Å². The molecule has 0 saturated carbocycles. The van der Waals surface area contributed by atoms with Crippen molar-refractivity contribution in [2.75, 3.05) is 13.6 Å². The lowest BCUT2D eigenvalue weighted by Crippen LogP contribution is -2.33. The van der Waals surface area contributed by atoms with Crippen molar-refractivity contribution in [2.24, 2.45) is 0 Å². The number of carboxylic acid groups (broad SMARTS) is 1. The maximum Gasteiger partial charge on any atom is 0.304 e. The number of carboxylic acids is 1. The van der Waals surface area contributed by atoms with Crippen LogP contribution < -0.4 is 0 Å². The first-order valence-electron chi connectivity index (χ1n) is 5.76. The number of carbonyl (C=O) groups is 1. The average Bonchev–Trinajstić information content (AvgIpc) is 2.30. The van der Waals surface area contributed by atoms with Gasteiger partial charge in [-0.3, -0.25) is 4.79 Å². The summed E-state index contributed by atoms with van der Waals surface area (Å²) >= 11 is 5.95. The van der Waals surface area contributed by atoms with Gasteiger partial charge in [-0.15, -0.1) is 0 Å². The summed E-state index contributed by atoms with van der Waals surface area (Å²) in [5, 5.41) is 9.02. The Bertz CT molecular complexity index is 405. The Morgan fingerprint density at radius 2 is 2.22 bits per heavy atom. The van der Waals surface area contributed by atoms with E-state index in [0.29, 0.717) is 23.6 Å². The van der Waals surface area contributed by atoms with Crippen LogP contribution in [0.5, 0.6) is 0 Å². The van der Waals surface area contributed by atoms with E-state index in [9.17, 15) is 9.18 Å². The van der Waals surface area contributed by atoms with Gasteiger partial charge in [-0.2, -0.15) is 0 Å². The van der Waals surface area contributed by atoms with Crippen molar-refractivity contribution in [3.05, 3.63) is 34.6 Å². The Morgan fingerprint density at radius 1 is 1.56 bits per heavy atom. The highest BCUT2D eigenvalue weighted by Crippen LogP contribution is 2.21. The van der Waals surface area contributed by atoms with E-state index in [0.717, 1.165) is 0 Å².